The van der Waals surface area contributed by atoms with Gasteiger partial charge in [-0.1, -0.05) is 23.9 Å². The number of benzene rings is 1. The Bertz CT molecular complexity index is 843. The lowest BCUT2D eigenvalue weighted by atomic mass is 10.2. The van der Waals surface area contributed by atoms with Gasteiger partial charge in [-0.3, -0.25) is 9.59 Å². The number of amides is 1. The standard InChI is InChI=1S/C17H19N5O3S/c1-4-25-15(23)9-14-20-21-17(22(14)3)26-11(2)16(24)19-13-8-6-5-7-12(13)10-18/h5-8,11H,4,9H2,1-3H3,(H,19,24)/t11-/m0/s1. The number of para-hydroxylation sites is 1. The van der Waals surface area contributed by atoms with E-state index in [-0.39, 0.29) is 18.3 Å². The minimum atomic E-state index is -0.472. The lowest BCUT2D eigenvalue weighted by Gasteiger charge is -2.12. The highest BCUT2D eigenvalue weighted by atomic mass is 32.2. The molecule has 0 aliphatic carbocycles. The van der Waals surface area contributed by atoms with Crippen molar-refractivity contribution >= 4 is 29.3 Å². The minimum absolute atomic E-state index is 0.0218. The summed E-state index contributed by atoms with van der Waals surface area (Å²) in [5, 5.41) is 19.9. The van der Waals surface area contributed by atoms with Crippen LogP contribution in [-0.2, 0) is 27.8 Å². The average Bonchev–Trinajstić information content (AvgIpc) is 2.95. The van der Waals surface area contributed by atoms with Gasteiger partial charge in [0.05, 0.1) is 23.1 Å². The normalized spacial score (nSPS) is 11.5. The van der Waals surface area contributed by atoms with Gasteiger partial charge >= 0.3 is 5.97 Å². The van der Waals surface area contributed by atoms with Crippen LogP contribution in [0, 0.1) is 11.3 Å². The second kappa shape index (κ2) is 9.01. The van der Waals surface area contributed by atoms with Crippen LogP contribution >= 0.6 is 11.8 Å². The van der Waals surface area contributed by atoms with E-state index < -0.39 is 5.25 Å². The van der Waals surface area contributed by atoms with Crippen molar-refractivity contribution in [3.05, 3.63) is 35.7 Å². The highest BCUT2D eigenvalue weighted by Crippen LogP contribution is 2.23. The van der Waals surface area contributed by atoms with Crippen LogP contribution in [0.4, 0.5) is 5.69 Å². The topological polar surface area (TPSA) is 110 Å². The Morgan fingerprint density at radius 1 is 1.38 bits per heavy atom. The molecule has 0 saturated heterocycles. The molecule has 136 valence electrons. The summed E-state index contributed by atoms with van der Waals surface area (Å²) in [5.74, 6) is -0.167. The van der Waals surface area contributed by atoms with Crippen molar-refractivity contribution in [1.29, 1.82) is 5.26 Å². The Morgan fingerprint density at radius 3 is 2.81 bits per heavy atom. The van der Waals surface area contributed by atoms with Gasteiger partial charge in [0.25, 0.3) is 0 Å². The van der Waals surface area contributed by atoms with Gasteiger partial charge in [0.2, 0.25) is 5.91 Å². The first-order valence-electron chi connectivity index (χ1n) is 7.96. The van der Waals surface area contributed by atoms with Gasteiger partial charge in [-0.15, -0.1) is 10.2 Å². The maximum Gasteiger partial charge on any atom is 0.313 e. The van der Waals surface area contributed by atoms with Crippen molar-refractivity contribution in [3.63, 3.8) is 0 Å². The number of nitrogens with one attached hydrogen (secondary N) is 1. The number of rotatable bonds is 7. The quantitative estimate of drug-likeness (QED) is 0.583. The van der Waals surface area contributed by atoms with Gasteiger partial charge in [-0.2, -0.15) is 5.26 Å². The van der Waals surface area contributed by atoms with Crippen molar-refractivity contribution in [1.82, 2.24) is 14.8 Å². The molecule has 1 heterocycles. The molecule has 26 heavy (non-hydrogen) atoms. The SMILES string of the molecule is CCOC(=O)Cc1nnc(S[C@@H](C)C(=O)Nc2ccccc2C#N)n1C. The number of nitrogens with zero attached hydrogens (tertiary/aromatic N) is 4. The van der Waals surface area contributed by atoms with Crippen molar-refractivity contribution in [3.8, 4) is 6.07 Å². The molecule has 1 aromatic carbocycles. The molecule has 9 heteroatoms. The van der Waals surface area contributed by atoms with E-state index in [2.05, 4.69) is 15.5 Å². The molecule has 2 rings (SSSR count). The third-order valence-electron chi connectivity index (χ3n) is 3.49. The zero-order valence-electron chi connectivity index (χ0n) is 14.7. The Morgan fingerprint density at radius 2 is 2.12 bits per heavy atom. The van der Waals surface area contributed by atoms with Gasteiger partial charge in [0, 0.05) is 7.05 Å². The van der Waals surface area contributed by atoms with E-state index in [4.69, 9.17) is 10.00 Å². The number of thioether (sulfide) groups is 1. The monoisotopic (exact) mass is 373 g/mol. The molecule has 0 spiro atoms. The number of nitriles is 1. The Labute approximate surface area is 155 Å². The minimum Gasteiger partial charge on any atom is -0.466 e. The van der Waals surface area contributed by atoms with Crippen LogP contribution in [0.25, 0.3) is 0 Å². The van der Waals surface area contributed by atoms with Crippen LogP contribution < -0.4 is 5.32 Å². The van der Waals surface area contributed by atoms with E-state index in [0.29, 0.717) is 28.8 Å². The number of hydrogen-bond acceptors (Lipinski definition) is 7. The predicted molar refractivity (Wildman–Crippen MR) is 96.4 cm³/mol. The maximum absolute atomic E-state index is 12.4. The van der Waals surface area contributed by atoms with Crippen molar-refractivity contribution in [2.75, 3.05) is 11.9 Å². The Hall–Kier alpha value is -2.86. The molecule has 1 aromatic heterocycles. The number of aromatic nitrogens is 3. The van der Waals surface area contributed by atoms with E-state index in [1.54, 1.807) is 49.7 Å². The lowest BCUT2D eigenvalue weighted by molar-refractivity contribution is -0.142. The molecule has 2 aromatic rings. The zero-order chi connectivity index (χ0) is 19.1. The van der Waals surface area contributed by atoms with E-state index in [1.165, 1.54) is 11.8 Å². The third-order valence-corrected chi connectivity index (χ3v) is 4.62. The van der Waals surface area contributed by atoms with Crippen molar-refractivity contribution in [2.45, 2.75) is 30.7 Å². The zero-order valence-corrected chi connectivity index (χ0v) is 15.5. The predicted octanol–water partition coefficient (Wildman–Crippen LogP) is 1.91. The van der Waals surface area contributed by atoms with E-state index >= 15 is 0 Å². The summed E-state index contributed by atoms with van der Waals surface area (Å²) in [7, 11) is 1.73. The first-order chi connectivity index (χ1) is 12.5. The molecule has 8 nitrogen and oxygen atoms in total. The Balaban J connectivity index is 2.02. The van der Waals surface area contributed by atoms with E-state index in [1.807, 2.05) is 6.07 Å². The van der Waals surface area contributed by atoms with Crippen LogP contribution in [0.15, 0.2) is 29.4 Å². The molecule has 0 aliphatic rings. The molecule has 1 amide bonds. The number of hydrogen-bond donors (Lipinski definition) is 1. The summed E-state index contributed by atoms with van der Waals surface area (Å²) >= 11 is 1.21. The molecule has 0 fully saturated rings. The Kier molecular flexibility index (Phi) is 6.74. The smallest absolute Gasteiger partial charge is 0.313 e. The highest BCUT2D eigenvalue weighted by Gasteiger charge is 2.20. The molecule has 1 atom stereocenters. The molecule has 0 bridgehead atoms. The van der Waals surface area contributed by atoms with Crippen LogP contribution in [0.5, 0.6) is 0 Å². The molecule has 1 N–H and O–H groups in total. The number of carbonyl (C=O) groups is 2. The summed E-state index contributed by atoms with van der Waals surface area (Å²) in [6, 6.07) is 8.83. The first-order valence-corrected chi connectivity index (χ1v) is 8.84. The number of esters is 1. The molecular weight excluding hydrogens is 354 g/mol. The van der Waals surface area contributed by atoms with Gasteiger partial charge in [0.15, 0.2) is 5.16 Å². The second-order valence-corrected chi connectivity index (χ2v) is 6.65. The van der Waals surface area contributed by atoms with Crippen LogP contribution in [0.1, 0.15) is 25.2 Å². The lowest BCUT2D eigenvalue weighted by Crippen LogP contribution is -2.23. The number of carbonyl (C=O) groups excluding carboxylic acids is 2. The van der Waals surface area contributed by atoms with Crippen molar-refractivity contribution < 1.29 is 14.3 Å². The average molecular weight is 373 g/mol. The first kappa shape index (κ1) is 19.5. The number of anilines is 1. The van der Waals surface area contributed by atoms with E-state index in [0.717, 1.165) is 0 Å². The molecule has 0 aliphatic heterocycles. The maximum atomic E-state index is 12.4. The molecule has 0 unspecified atom stereocenters. The van der Waals surface area contributed by atoms with Gasteiger partial charge in [-0.25, -0.2) is 0 Å². The van der Waals surface area contributed by atoms with Gasteiger partial charge < -0.3 is 14.6 Å². The fourth-order valence-corrected chi connectivity index (χ4v) is 2.91. The van der Waals surface area contributed by atoms with Crippen molar-refractivity contribution in [2.24, 2.45) is 7.05 Å². The number of ether oxygens (including phenoxy) is 1. The van der Waals surface area contributed by atoms with Crippen LogP contribution in [0.2, 0.25) is 0 Å². The third kappa shape index (κ3) is 4.83. The summed E-state index contributed by atoms with van der Waals surface area (Å²) in [6.45, 7) is 3.77. The second-order valence-electron chi connectivity index (χ2n) is 5.35. The van der Waals surface area contributed by atoms with Gasteiger partial charge in [-0.05, 0) is 26.0 Å². The summed E-state index contributed by atoms with van der Waals surface area (Å²) < 4.78 is 6.56. The fourth-order valence-electron chi connectivity index (χ4n) is 2.08. The van der Waals surface area contributed by atoms with Gasteiger partial charge in [0.1, 0.15) is 18.3 Å². The van der Waals surface area contributed by atoms with Crippen LogP contribution in [0.3, 0.4) is 0 Å². The molecule has 0 saturated carbocycles. The summed E-state index contributed by atoms with van der Waals surface area (Å²) in [4.78, 5) is 24.0. The van der Waals surface area contributed by atoms with E-state index in [9.17, 15) is 9.59 Å². The highest BCUT2D eigenvalue weighted by molar-refractivity contribution is 8.00. The largest absolute Gasteiger partial charge is 0.466 e. The van der Waals surface area contributed by atoms with Crippen LogP contribution in [-0.4, -0.2) is 38.5 Å². The summed E-state index contributed by atoms with van der Waals surface area (Å²) in [5.41, 5.74) is 0.863. The molecular formula is C17H19N5O3S. The fraction of sp³-hybridized carbons (Fsp3) is 0.353. The molecule has 0 radical (unpaired) electrons. The summed E-state index contributed by atoms with van der Waals surface area (Å²) in [6.07, 6.45) is 0.0218.